The van der Waals surface area contributed by atoms with Crippen molar-refractivity contribution < 1.29 is 14.7 Å². The number of aromatic hydroxyl groups is 1. The molecule has 0 aliphatic carbocycles. The summed E-state index contributed by atoms with van der Waals surface area (Å²) in [5.74, 6) is -2.41. The van der Waals surface area contributed by atoms with Crippen molar-refractivity contribution in [1.82, 2.24) is 10.3 Å². The molecule has 8 heteroatoms. The van der Waals surface area contributed by atoms with Crippen LogP contribution in [-0.4, -0.2) is 28.4 Å². The number of benzene rings is 2. The molecule has 3 aromatic rings. The number of hydrogen-bond donors (Lipinski definition) is 3. The number of H-pyrrole nitrogens is 1. The van der Waals surface area contributed by atoms with Gasteiger partial charge in [-0.3, -0.25) is 9.59 Å². The Morgan fingerprint density at radius 1 is 1.19 bits per heavy atom. The molecule has 3 N–H and O–H groups in total. The first-order valence-corrected chi connectivity index (χ1v) is 9.12. The van der Waals surface area contributed by atoms with Gasteiger partial charge >= 0.3 is 0 Å². The van der Waals surface area contributed by atoms with Crippen LogP contribution in [0.2, 0.25) is 0 Å². The van der Waals surface area contributed by atoms with Crippen molar-refractivity contribution in [1.29, 1.82) is 0 Å². The van der Waals surface area contributed by atoms with E-state index in [1.807, 2.05) is 36.4 Å². The molecule has 4 rings (SSSR count). The van der Waals surface area contributed by atoms with Gasteiger partial charge in [-0.25, -0.2) is 0 Å². The van der Waals surface area contributed by atoms with Crippen LogP contribution in [0.1, 0.15) is 11.5 Å². The Balaban J connectivity index is 1.64. The van der Waals surface area contributed by atoms with Crippen molar-refractivity contribution in [3.05, 3.63) is 58.6 Å². The number of amides is 2. The lowest BCUT2D eigenvalue weighted by Gasteiger charge is -2.13. The van der Waals surface area contributed by atoms with E-state index in [9.17, 15) is 14.7 Å². The highest BCUT2D eigenvalue weighted by atomic mass is 79.9. The molecule has 1 fully saturated rings. The molecule has 1 saturated heterocycles. The van der Waals surface area contributed by atoms with Gasteiger partial charge in [-0.05, 0) is 23.8 Å². The molecule has 1 aromatic heterocycles. The molecule has 7 nitrogen and oxygen atoms in total. The minimum Gasteiger partial charge on any atom is -0.493 e. The lowest BCUT2D eigenvalue weighted by atomic mass is 9.88. The van der Waals surface area contributed by atoms with Crippen LogP contribution in [0.4, 0.5) is 5.69 Å². The van der Waals surface area contributed by atoms with Gasteiger partial charge < -0.3 is 15.4 Å². The zero-order valence-electron chi connectivity index (χ0n) is 14.0. The predicted octanol–water partition coefficient (Wildman–Crippen LogP) is 3.78. The molecule has 0 saturated carbocycles. The predicted molar refractivity (Wildman–Crippen MR) is 103 cm³/mol. The molecule has 1 aliphatic rings. The van der Waals surface area contributed by atoms with Gasteiger partial charge in [-0.1, -0.05) is 46.3 Å². The number of aromatic nitrogens is 1. The second kappa shape index (κ2) is 6.96. The molecule has 0 spiro atoms. The van der Waals surface area contributed by atoms with E-state index in [0.717, 1.165) is 10.0 Å². The van der Waals surface area contributed by atoms with Gasteiger partial charge in [-0.15, -0.1) is 10.2 Å². The van der Waals surface area contributed by atoms with E-state index in [0.29, 0.717) is 17.4 Å². The van der Waals surface area contributed by atoms with E-state index in [-0.39, 0.29) is 23.4 Å². The first-order valence-electron chi connectivity index (χ1n) is 8.33. The number of carbonyl (C=O) groups excluding carboxylic acids is 2. The molecule has 1 aliphatic heterocycles. The van der Waals surface area contributed by atoms with Crippen molar-refractivity contribution >= 4 is 44.3 Å². The van der Waals surface area contributed by atoms with Crippen LogP contribution >= 0.6 is 15.9 Å². The van der Waals surface area contributed by atoms with E-state index < -0.39 is 11.8 Å². The molecule has 0 radical (unpaired) electrons. The van der Waals surface area contributed by atoms with Crippen LogP contribution < -0.4 is 5.32 Å². The summed E-state index contributed by atoms with van der Waals surface area (Å²) in [6.45, 7) is 0.375. The highest BCUT2D eigenvalue weighted by molar-refractivity contribution is 9.10. The van der Waals surface area contributed by atoms with Crippen LogP contribution in [0, 0.1) is 5.92 Å². The number of halogens is 1. The van der Waals surface area contributed by atoms with E-state index in [2.05, 4.69) is 36.5 Å². The van der Waals surface area contributed by atoms with Crippen molar-refractivity contribution in [3.63, 3.8) is 0 Å². The summed E-state index contributed by atoms with van der Waals surface area (Å²) in [5, 5.41) is 21.1. The van der Waals surface area contributed by atoms with E-state index in [1.165, 1.54) is 0 Å². The first-order chi connectivity index (χ1) is 13.0. The zero-order chi connectivity index (χ0) is 19.0. The molecule has 2 heterocycles. The molecule has 0 bridgehead atoms. The largest absolute Gasteiger partial charge is 0.493 e. The summed E-state index contributed by atoms with van der Waals surface area (Å²) < 4.78 is 0.802. The number of nitrogens with zero attached hydrogens (tertiary/aromatic N) is 2. The lowest BCUT2D eigenvalue weighted by molar-refractivity contribution is -0.131. The molecule has 27 heavy (non-hydrogen) atoms. The Labute approximate surface area is 162 Å². The summed E-state index contributed by atoms with van der Waals surface area (Å²) in [7, 11) is 0. The standard InChI is InChI=1S/C19H15BrN4O3/c20-11-6-7-14-12(8-11)16(19(27)22-14)23-24-18(26)15-13(9-21-17(15)25)10-4-2-1-3-5-10/h1-8,13,15,22,27H,9H2,(H,21,25)/t13-,15+/m0/s1. The third kappa shape index (κ3) is 3.23. The van der Waals surface area contributed by atoms with Gasteiger partial charge in [0.05, 0.1) is 5.52 Å². The number of rotatable bonds is 3. The van der Waals surface area contributed by atoms with Crippen molar-refractivity contribution in [2.45, 2.75) is 5.92 Å². The topological polar surface area (TPSA) is 107 Å². The third-order valence-corrected chi connectivity index (χ3v) is 5.13. The SMILES string of the molecule is O=C(N=Nc1c(O)[nH]c2ccc(Br)cc12)[C@H]1C(=O)NC[C@H]1c1ccccc1. The Hall–Kier alpha value is -3.00. The zero-order valence-corrected chi connectivity index (χ0v) is 15.6. The Morgan fingerprint density at radius 3 is 2.74 bits per heavy atom. The summed E-state index contributed by atoms with van der Waals surface area (Å²) in [4.78, 5) is 27.6. The Kier molecular flexibility index (Phi) is 4.49. The van der Waals surface area contributed by atoms with E-state index >= 15 is 0 Å². The van der Waals surface area contributed by atoms with Crippen molar-refractivity contribution in [2.75, 3.05) is 6.54 Å². The average molecular weight is 427 g/mol. The quantitative estimate of drug-likeness (QED) is 0.438. The monoisotopic (exact) mass is 426 g/mol. The summed E-state index contributed by atoms with van der Waals surface area (Å²) in [6, 6.07) is 14.7. The number of carbonyl (C=O) groups is 2. The number of fused-ring (bicyclic) bond motifs is 1. The second-order valence-electron chi connectivity index (χ2n) is 6.29. The highest BCUT2D eigenvalue weighted by Gasteiger charge is 2.41. The fourth-order valence-electron chi connectivity index (χ4n) is 3.31. The summed E-state index contributed by atoms with van der Waals surface area (Å²) >= 11 is 3.36. The molecule has 136 valence electrons. The van der Waals surface area contributed by atoms with Crippen LogP contribution in [-0.2, 0) is 9.59 Å². The van der Waals surface area contributed by atoms with Crippen LogP contribution in [0.15, 0.2) is 63.2 Å². The van der Waals surface area contributed by atoms with Gasteiger partial charge in [0.2, 0.25) is 11.8 Å². The van der Waals surface area contributed by atoms with Crippen molar-refractivity contribution in [2.24, 2.45) is 16.1 Å². The van der Waals surface area contributed by atoms with Gasteiger partial charge in [0, 0.05) is 22.3 Å². The number of aromatic amines is 1. The van der Waals surface area contributed by atoms with E-state index in [1.54, 1.807) is 12.1 Å². The minimum atomic E-state index is -0.935. The molecule has 2 atom stereocenters. The summed E-state index contributed by atoms with van der Waals surface area (Å²) in [5.41, 5.74) is 1.72. The highest BCUT2D eigenvalue weighted by Crippen LogP contribution is 2.37. The molecular formula is C19H15BrN4O3. The maximum absolute atomic E-state index is 12.6. The van der Waals surface area contributed by atoms with Crippen LogP contribution in [0.5, 0.6) is 5.88 Å². The number of nitrogens with one attached hydrogen (secondary N) is 2. The number of hydrogen-bond acceptors (Lipinski definition) is 4. The van der Waals surface area contributed by atoms with Crippen molar-refractivity contribution in [3.8, 4) is 5.88 Å². The van der Waals surface area contributed by atoms with Gasteiger partial charge in [-0.2, -0.15) is 0 Å². The number of azo groups is 1. The molecule has 0 unspecified atom stereocenters. The maximum Gasteiger partial charge on any atom is 0.277 e. The van der Waals surface area contributed by atoms with E-state index in [4.69, 9.17) is 0 Å². The molecule has 2 aromatic carbocycles. The maximum atomic E-state index is 12.6. The summed E-state index contributed by atoms with van der Waals surface area (Å²) in [6.07, 6.45) is 0. The normalized spacial score (nSPS) is 19.7. The van der Waals surface area contributed by atoms with Crippen LogP contribution in [0.25, 0.3) is 10.9 Å². The Bertz CT molecular complexity index is 1060. The average Bonchev–Trinajstić information content (AvgIpc) is 3.20. The fourth-order valence-corrected chi connectivity index (χ4v) is 3.68. The van der Waals surface area contributed by atoms with Gasteiger partial charge in [0.1, 0.15) is 5.92 Å². The van der Waals surface area contributed by atoms with Gasteiger partial charge in [0.15, 0.2) is 5.69 Å². The molecule has 2 amide bonds. The fraction of sp³-hybridized carbons (Fsp3) is 0.158. The van der Waals surface area contributed by atoms with Crippen LogP contribution in [0.3, 0.4) is 0 Å². The lowest BCUT2D eigenvalue weighted by Crippen LogP contribution is -2.25. The smallest absolute Gasteiger partial charge is 0.277 e. The first kappa shape index (κ1) is 17.4. The Morgan fingerprint density at radius 2 is 1.96 bits per heavy atom. The third-order valence-electron chi connectivity index (χ3n) is 4.64. The van der Waals surface area contributed by atoms with Gasteiger partial charge in [0.25, 0.3) is 5.91 Å². The second-order valence-corrected chi connectivity index (χ2v) is 7.21. The minimum absolute atomic E-state index is 0.161. The molecular weight excluding hydrogens is 412 g/mol.